The standard InChI is InChI=1S/C22H23N3O4/c1-15(20-5-3-11-28-20)23-14-22(26)25-19(21-6-4-12-29-21)13-18(24-25)16-7-9-17(27-2)10-8-16/h3-12,15,19,23H,13-14H2,1-2H3. The minimum atomic E-state index is -0.268. The van der Waals surface area contributed by atoms with Crippen molar-refractivity contribution in [2.45, 2.75) is 25.4 Å². The number of rotatable bonds is 7. The van der Waals surface area contributed by atoms with E-state index in [9.17, 15) is 4.79 Å². The van der Waals surface area contributed by atoms with E-state index in [4.69, 9.17) is 13.6 Å². The molecule has 150 valence electrons. The molecule has 2 unspecified atom stereocenters. The van der Waals surface area contributed by atoms with Crippen LogP contribution in [0.2, 0.25) is 0 Å². The molecule has 0 aliphatic carbocycles. The second-order valence-corrected chi connectivity index (χ2v) is 6.87. The molecule has 0 radical (unpaired) electrons. The highest BCUT2D eigenvalue weighted by Gasteiger charge is 2.34. The van der Waals surface area contributed by atoms with Gasteiger partial charge in [-0.15, -0.1) is 0 Å². The SMILES string of the molecule is COc1ccc(C2=NN(C(=O)CNC(C)c3ccco3)C(c3ccco3)C2)cc1. The zero-order valence-electron chi connectivity index (χ0n) is 16.4. The maximum Gasteiger partial charge on any atom is 0.257 e. The molecule has 0 saturated carbocycles. The van der Waals surface area contributed by atoms with E-state index < -0.39 is 0 Å². The zero-order valence-corrected chi connectivity index (χ0v) is 16.4. The van der Waals surface area contributed by atoms with Crippen molar-refractivity contribution in [3.05, 3.63) is 78.1 Å². The Morgan fingerprint density at radius 1 is 1.21 bits per heavy atom. The Balaban J connectivity index is 1.51. The molecule has 2 aromatic heterocycles. The van der Waals surface area contributed by atoms with Gasteiger partial charge < -0.3 is 13.6 Å². The molecule has 1 N–H and O–H groups in total. The molecule has 3 aromatic rings. The molecular weight excluding hydrogens is 370 g/mol. The lowest BCUT2D eigenvalue weighted by Crippen LogP contribution is -2.36. The fourth-order valence-corrected chi connectivity index (χ4v) is 3.36. The van der Waals surface area contributed by atoms with Crippen molar-refractivity contribution in [1.82, 2.24) is 10.3 Å². The first-order valence-electron chi connectivity index (χ1n) is 9.50. The maximum atomic E-state index is 13.0. The summed E-state index contributed by atoms with van der Waals surface area (Å²) in [4.78, 5) is 13.0. The Morgan fingerprint density at radius 3 is 2.62 bits per heavy atom. The van der Waals surface area contributed by atoms with Crippen molar-refractivity contribution in [1.29, 1.82) is 0 Å². The monoisotopic (exact) mass is 393 g/mol. The Labute approximate surface area is 168 Å². The third-order valence-electron chi connectivity index (χ3n) is 4.99. The van der Waals surface area contributed by atoms with Gasteiger partial charge in [0.2, 0.25) is 0 Å². The van der Waals surface area contributed by atoms with E-state index >= 15 is 0 Å². The summed E-state index contributed by atoms with van der Waals surface area (Å²) in [5.41, 5.74) is 1.79. The van der Waals surface area contributed by atoms with Crippen LogP contribution in [0.3, 0.4) is 0 Å². The number of nitrogens with zero attached hydrogens (tertiary/aromatic N) is 2. The number of benzene rings is 1. The van der Waals surface area contributed by atoms with Crippen LogP contribution < -0.4 is 10.1 Å². The predicted molar refractivity (Wildman–Crippen MR) is 108 cm³/mol. The molecule has 29 heavy (non-hydrogen) atoms. The summed E-state index contributed by atoms with van der Waals surface area (Å²) < 4.78 is 16.2. The van der Waals surface area contributed by atoms with Gasteiger partial charge in [0.1, 0.15) is 23.3 Å². The number of furan rings is 2. The van der Waals surface area contributed by atoms with Gasteiger partial charge >= 0.3 is 0 Å². The number of carbonyl (C=O) groups is 1. The molecule has 0 spiro atoms. The molecule has 1 aliphatic heterocycles. The smallest absolute Gasteiger partial charge is 0.257 e. The van der Waals surface area contributed by atoms with Gasteiger partial charge in [-0.1, -0.05) is 0 Å². The maximum absolute atomic E-state index is 13.0. The number of hydrogen-bond donors (Lipinski definition) is 1. The highest BCUT2D eigenvalue weighted by molar-refractivity contribution is 6.03. The Kier molecular flexibility index (Phi) is 5.48. The third kappa shape index (κ3) is 4.09. The Bertz CT molecular complexity index is 962. The van der Waals surface area contributed by atoms with Crippen LogP contribution >= 0.6 is 0 Å². The van der Waals surface area contributed by atoms with Crippen LogP contribution in [-0.2, 0) is 4.79 Å². The van der Waals surface area contributed by atoms with Crippen molar-refractivity contribution in [3.63, 3.8) is 0 Å². The topological polar surface area (TPSA) is 80.2 Å². The average molecular weight is 393 g/mol. The van der Waals surface area contributed by atoms with E-state index in [1.807, 2.05) is 55.5 Å². The highest BCUT2D eigenvalue weighted by Crippen LogP contribution is 2.33. The van der Waals surface area contributed by atoms with Crippen LogP contribution in [0.5, 0.6) is 5.75 Å². The van der Waals surface area contributed by atoms with Crippen LogP contribution in [0.25, 0.3) is 0 Å². The van der Waals surface area contributed by atoms with Gasteiger partial charge in [-0.2, -0.15) is 5.10 Å². The summed E-state index contributed by atoms with van der Waals surface area (Å²) in [6.45, 7) is 2.09. The highest BCUT2D eigenvalue weighted by atomic mass is 16.5. The van der Waals surface area contributed by atoms with Crippen LogP contribution in [0.1, 0.15) is 42.5 Å². The van der Waals surface area contributed by atoms with Gasteiger partial charge in [0.15, 0.2) is 0 Å². The molecule has 1 aliphatic rings. The molecule has 7 heteroatoms. The summed E-state index contributed by atoms with van der Waals surface area (Å²) >= 11 is 0. The molecule has 7 nitrogen and oxygen atoms in total. The van der Waals surface area contributed by atoms with Crippen molar-refractivity contribution < 1.29 is 18.4 Å². The average Bonchev–Trinajstić information content (AvgIpc) is 3.52. The first-order valence-corrected chi connectivity index (χ1v) is 9.50. The van der Waals surface area contributed by atoms with E-state index in [-0.39, 0.29) is 24.5 Å². The van der Waals surface area contributed by atoms with Crippen LogP contribution in [0, 0.1) is 0 Å². The minimum Gasteiger partial charge on any atom is -0.497 e. The van der Waals surface area contributed by atoms with Gasteiger partial charge in [0.25, 0.3) is 5.91 Å². The molecule has 1 aromatic carbocycles. The van der Waals surface area contributed by atoms with E-state index in [0.29, 0.717) is 12.2 Å². The molecule has 3 heterocycles. The largest absolute Gasteiger partial charge is 0.497 e. The summed E-state index contributed by atoms with van der Waals surface area (Å²) in [6.07, 6.45) is 3.81. The summed E-state index contributed by atoms with van der Waals surface area (Å²) in [7, 11) is 1.63. The molecule has 0 saturated heterocycles. The minimum absolute atomic E-state index is 0.0799. The molecule has 0 bridgehead atoms. The number of nitrogens with one attached hydrogen (secondary N) is 1. The normalized spacial score (nSPS) is 17.2. The van der Waals surface area contributed by atoms with Crippen molar-refractivity contribution >= 4 is 11.6 Å². The van der Waals surface area contributed by atoms with Gasteiger partial charge in [-0.05, 0) is 61.0 Å². The molecule has 2 atom stereocenters. The number of hydrazone groups is 1. The van der Waals surface area contributed by atoms with Crippen molar-refractivity contribution in [3.8, 4) is 5.75 Å². The molecule has 4 rings (SSSR count). The van der Waals surface area contributed by atoms with Crippen LogP contribution in [0.15, 0.2) is 75.0 Å². The zero-order chi connectivity index (χ0) is 20.2. The number of amides is 1. The summed E-state index contributed by atoms with van der Waals surface area (Å²) in [5.74, 6) is 2.14. The quantitative estimate of drug-likeness (QED) is 0.658. The lowest BCUT2D eigenvalue weighted by atomic mass is 10.0. The van der Waals surface area contributed by atoms with E-state index in [0.717, 1.165) is 22.8 Å². The number of ether oxygens (including phenoxy) is 1. The van der Waals surface area contributed by atoms with Gasteiger partial charge in [-0.3, -0.25) is 10.1 Å². The first kappa shape index (κ1) is 19.0. The number of methoxy groups -OCH3 is 1. The second kappa shape index (κ2) is 8.36. The molecular formula is C22H23N3O4. The molecule has 0 fully saturated rings. The van der Waals surface area contributed by atoms with E-state index in [1.165, 1.54) is 5.01 Å². The van der Waals surface area contributed by atoms with Crippen LogP contribution in [-0.4, -0.2) is 30.3 Å². The van der Waals surface area contributed by atoms with Crippen molar-refractivity contribution in [2.75, 3.05) is 13.7 Å². The number of carbonyl (C=O) groups excluding carboxylic acids is 1. The van der Waals surface area contributed by atoms with Gasteiger partial charge in [0, 0.05) is 6.42 Å². The Morgan fingerprint density at radius 2 is 1.97 bits per heavy atom. The van der Waals surface area contributed by atoms with E-state index in [2.05, 4.69) is 10.4 Å². The molecule has 1 amide bonds. The fraction of sp³-hybridized carbons (Fsp3) is 0.273. The summed E-state index contributed by atoms with van der Waals surface area (Å²) in [6, 6.07) is 14.7. The van der Waals surface area contributed by atoms with E-state index in [1.54, 1.807) is 19.6 Å². The Hall–Kier alpha value is -3.32. The summed E-state index contributed by atoms with van der Waals surface area (Å²) in [5, 5.41) is 9.34. The van der Waals surface area contributed by atoms with Gasteiger partial charge in [-0.25, -0.2) is 5.01 Å². The lowest BCUT2D eigenvalue weighted by Gasteiger charge is -2.21. The van der Waals surface area contributed by atoms with Gasteiger partial charge in [0.05, 0.1) is 37.9 Å². The predicted octanol–water partition coefficient (Wildman–Crippen LogP) is 3.91. The van der Waals surface area contributed by atoms with Crippen LogP contribution in [0.4, 0.5) is 0 Å². The second-order valence-electron chi connectivity index (χ2n) is 6.87. The fourth-order valence-electron chi connectivity index (χ4n) is 3.36. The lowest BCUT2D eigenvalue weighted by molar-refractivity contribution is -0.132. The number of hydrogen-bond acceptors (Lipinski definition) is 6. The first-order chi connectivity index (χ1) is 14.2. The van der Waals surface area contributed by atoms with Crippen molar-refractivity contribution in [2.24, 2.45) is 5.10 Å². The third-order valence-corrected chi connectivity index (χ3v) is 4.99.